The highest BCUT2D eigenvalue weighted by molar-refractivity contribution is 5.94. The summed E-state index contributed by atoms with van der Waals surface area (Å²) >= 11 is 0. The van der Waals surface area contributed by atoms with Gasteiger partial charge >= 0.3 is 0 Å². The van der Waals surface area contributed by atoms with E-state index in [9.17, 15) is 14.0 Å². The molecule has 2 aliphatic rings. The minimum Gasteiger partial charge on any atom is -0.342 e. The van der Waals surface area contributed by atoms with E-state index in [1.165, 1.54) is 24.3 Å². The van der Waals surface area contributed by atoms with Crippen LogP contribution in [0.1, 0.15) is 47.8 Å². The third-order valence-electron chi connectivity index (χ3n) is 6.69. The molecule has 0 spiro atoms. The lowest BCUT2D eigenvalue weighted by Gasteiger charge is -2.37. The number of halogens is 1. The smallest absolute Gasteiger partial charge is 0.253 e. The maximum Gasteiger partial charge on any atom is 0.253 e. The second-order valence-electron chi connectivity index (χ2n) is 8.67. The van der Waals surface area contributed by atoms with E-state index in [4.69, 9.17) is 0 Å². The van der Waals surface area contributed by atoms with Crippen molar-refractivity contribution >= 4 is 23.0 Å². The number of hydrogen-bond acceptors (Lipinski definition) is 4. The van der Waals surface area contributed by atoms with Crippen LogP contribution in [0.5, 0.6) is 0 Å². The number of amides is 2. The van der Waals surface area contributed by atoms with Crippen LogP contribution in [0.2, 0.25) is 0 Å². The molecule has 0 unspecified atom stereocenters. The fourth-order valence-electron chi connectivity index (χ4n) is 4.79. The van der Waals surface area contributed by atoms with Crippen molar-refractivity contribution in [2.75, 3.05) is 26.2 Å². The Kier molecular flexibility index (Phi) is 5.59. The number of rotatable bonds is 3. The molecule has 3 aromatic rings. The zero-order valence-electron chi connectivity index (χ0n) is 17.8. The number of piperidine rings is 2. The Morgan fingerprint density at radius 3 is 2.31 bits per heavy atom. The molecule has 2 saturated heterocycles. The molecule has 0 saturated carbocycles. The Morgan fingerprint density at radius 1 is 0.938 bits per heavy atom. The Hall–Kier alpha value is -3.29. The molecule has 166 valence electrons. The number of hydrogen-bond donors (Lipinski definition) is 1. The van der Waals surface area contributed by atoms with Gasteiger partial charge in [-0.05, 0) is 62.1 Å². The average Bonchev–Trinajstić information content (AvgIpc) is 3.28. The monoisotopic (exact) mass is 435 g/mol. The molecule has 5 rings (SSSR count). The van der Waals surface area contributed by atoms with Crippen LogP contribution in [0.4, 0.5) is 4.39 Å². The average molecular weight is 436 g/mol. The standard InChI is InChI=1S/C24H26FN5O2/c25-19-5-3-17(4-6-19)23(31)30-14-9-18(10-15-30)24(32)29-12-7-16(8-13-29)21-27-20-2-1-11-26-22(20)28-21/h1-6,11,16,18H,7-10,12-15H2,(H,26,27,28). The van der Waals surface area contributed by atoms with Gasteiger partial charge < -0.3 is 14.8 Å². The molecular weight excluding hydrogens is 409 g/mol. The number of aromatic amines is 1. The Morgan fingerprint density at radius 2 is 1.62 bits per heavy atom. The quantitative estimate of drug-likeness (QED) is 0.684. The Labute approximate surface area is 185 Å². The van der Waals surface area contributed by atoms with Crippen molar-refractivity contribution in [3.8, 4) is 0 Å². The molecule has 1 N–H and O–H groups in total. The molecule has 0 bridgehead atoms. The molecular formula is C24H26FN5O2. The molecule has 2 fully saturated rings. The van der Waals surface area contributed by atoms with Crippen molar-refractivity contribution in [2.45, 2.75) is 31.6 Å². The highest BCUT2D eigenvalue weighted by Crippen LogP contribution is 2.29. The van der Waals surface area contributed by atoms with Crippen LogP contribution in [-0.4, -0.2) is 62.7 Å². The van der Waals surface area contributed by atoms with Gasteiger partial charge in [0.1, 0.15) is 11.6 Å². The van der Waals surface area contributed by atoms with Gasteiger partial charge in [-0.2, -0.15) is 0 Å². The van der Waals surface area contributed by atoms with Gasteiger partial charge in [-0.3, -0.25) is 9.59 Å². The van der Waals surface area contributed by atoms with Gasteiger partial charge in [0.15, 0.2) is 5.65 Å². The van der Waals surface area contributed by atoms with Crippen LogP contribution in [0.25, 0.3) is 11.2 Å². The lowest BCUT2D eigenvalue weighted by atomic mass is 9.91. The first kappa shape index (κ1) is 20.6. The number of benzene rings is 1. The molecule has 0 radical (unpaired) electrons. The molecule has 0 atom stereocenters. The highest BCUT2D eigenvalue weighted by atomic mass is 19.1. The summed E-state index contributed by atoms with van der Waals surface area (Å²) in [6.45, 7) is 2.55. The van der Waals surface area contributed by atoms with Crippen molar-refractivity contribution in [1.29, 1.82) is 0 Å². The first-order valence-corrected chi connectivity index (χ1v) is 11.2. The van der Waals surface area contributed by atoms with Gasteiger partial charge in [0, 0.05) is 49.8 Å². The maximum atomic E-state index is 13.1. The number of H-pyrrole nitrogens is 1. The lowest BCUT2D eigenvalue weighted by Crippen LogP contribution is -2.46. The molecule has 8 heteroatoms. The molecule has 2 aliphatic heterocycles. The highest BCUT2D eigenvalue weighted by Gasteiger charge is 2.33. The van der Waals surface area contributed by atoms with Crippen molar-refractivity contribution in [3.05, 3.63) is 59.8 Å². The summed E-state index contributed by atoms with van der Waals surface area (Å²) in [6.07, 6.45) is 4.84. The number of carbonyl (C=O) groups is 2. The number of carbonyl (C=O) groups excluding carboxylic acids is 2. The normalized spacial score (nSPS) is 18.3. The topological polar surface area (TPSA) is 82.2 Å². The second-order valence-corrected chi connectivity index (χ2v) is 8.67. The van der Waals surface area contributed by atoms with Crippen molar-refractivity contribution in [2.24, 2.45) is 5.92 Å². The number of nitrogens with one attached hydrogen (secondary N) is 1. The number of aromatic nitrogens is 3. The van der Waals surface area contributed by atoms with E-state index in [0.717, 1.165) is 42.9 Å². The molecule has 1 aromatic carbocycles. The van der Waals surface area contributed by atoms with Crippen LogP contribution >= 0.6 is 0 Å². The van der Waals surface area contributed by atoms with Gasteiger partial charge in [0.2, 0.25) is 5.91 Å². The molecule has 2 amide bonds. The third kappa shape index (κ3) is 4.09. The van der Waals surface area contributed by atoms with Gasteiger partial charge in [-0.25, -0.2) is 14.4 Å². The maximum absolute atomic E-state index is 13.1. The number of likely N-dealkylation sites (tertiary alicyclic amines) is 2. The zero-order valence-corrected chi connectivity index (χ0v) is 17.8. The minimum absolute atomic E-state index is 0.0424. The second kappa shape index (κ2) is 8.68. The van der Waals surface area contributed by atoms with E-state index in [1.807, 2.05) is 17.0 Å². The van der Waals surface area contributed by atoms with E-state index in [-0.39, 0.29) is 23.5 Å². The number of imidazole rings is 1. The molecule has 2 aromatic heterocycles. The van der Waals surface area contributed by atoms with Gasteiger partial charge in [0.05, 0.1) is 5.52 Å². The van der Waals surface area contributed by atoms with E-state index in [2.05, 4.69) is 15.0 Å². The van der Waals surface area contributed by atoms with Crippen molar-refractivity contribution in [1.82, 2.24) is 24.8 Å². The number of pyridine rings is 1. The lowest BCUT2D eigenvalue weighted by molar-refractivity contribution is -0.138. The fraction of sp³-hybridized carbons (Fsp3) is 0.417. The summed E-state index contributed by atoms with van der Waals surface area (Å²) < 4.78 is 13.1. The molecule has 0 aliphatic carbocycles. The van der Waals surface area contributed by atoms with Crippen LogP contribution < -0.4 is 0 Å². The zero-order chi connectivity index (χ0) is 22.1. The van der Waals surface area contributed by atoms with Crippen LogP contribution in [0.3, 0.4) is 0 Å². The van der Waals surface area contributed by atoms with Crippen LogP contribution in [-0.2, 0) is 4.79 Å². The number of nitrogens with zero attached hydrogens (tertiary/aromatic N) is 4. The van der Waals surface area contributed by atoms with E-state index in [0.29, 0.717) is 37.4 Å². The summed E-state index contributed by atoms with van der Waals surface area (Å²) in [7, 11) is 0. The summed E-state index contributed by atoms with van der Waals surface area (Å²) in [6, 6.07) is 9.49. The molecule has 4 heterocycles. The largest absolute Gasteiger partial charge is 0.342 e. The first-order valence-electron chi connectivity index (χ1n) is 11.2. The summed E-state index contributed by atoms with van der Waals surface area (Å²) in [5, 5.41) is 0. The fourth-order valence-corrected chi connectivity index (χ4v) is 4.79. The van der Waals surface area contributed by atoms with Crippen molar-refractivity contribution in [3.63, 3.8) is 0 Å². The van der Waals surface area contributed by atoms with E-state index in [1.54, 1.807) is 11.1 Å². The predicted octanol–water partition coefficient (Wildman–Crippen LogP) is 3.36. The first-order chi connectivity index (χ1) is 15.6. The third-order valence-corrected chi connectivity index (χ3v) is 6.69. The summed E-state index contributed by atoms with van der Waals surface area (Å²) in [5.41, 5.74) is 2.17. The van der Waals surface area contributed by atoms with Crippen molar-refractivity contribution < 1.29 is 14.0 Å². The Balaban J connectivity index is 1.13. The van der Waals surface area contributed by atoms with Crippen LogP contribution in [0.15, 0.2) is 42.6 Å². The SMILES string of the molecule is O=C(c1ccc(F)cc1)N1CCC(C(=O)N2CCC(c3nc4ncccc4[nH]3)CC2)CC1. The summed E-state index contributed by atoms with van der Waals surface area (Å²) in [4.78, 5) is 41.7. The molecule has 7 nitrogen and oxygen atoms in total. The van der Waals surface area contributed by atoms with E-state index < -0.39 is 0 Å². The predicted molar refractivity (Wildman–Crippen MR) is 117 cm³/mol. The molecule has 32 heavy (non-hydrogen) atoms. The van der Waals surface area contributed by atoms with E-state index >= 15 is 0 Å². The van der Waals surface area contributed by atoms with Crippen LogP contribution in [0, 0.1) is 11.7 Å². The van der Waals surface area contributed by atoms with Gasteiger partial charge in [-0.15, -0.1) is 0 Å². The summed E-state index contributed by atoms with van der Waals surface area (Å²) in [5.74, 6) is 0.966. The van der Waals surface area contributed by atoms with Gasteiger partial charge in [0.25, 0.3) is 5.91 Å². The number of fused-ring (bicyclic) bond motifs is 1. The Bertz CT molecular complexity index is 1080. The van der Waals surface area contributed by atoms with Gasteiger partial charge in [-0.1, -0.05) is 0 Å². The minimum atomic E-state index is -0.355.